The Hall–Kier alpha value is -6.64. The van der Waals surface area contributed by atoms with Gasteiger partial charge in [0.05, 0.1) is 24.8 Å². The molecule has 0 spiro atoms. The van der Waals surface area contributed by atoms with Crippen molar-refractivity contribution in [2.45, 2.75) is 0 Å². The molecular formula is C48H32N2. The summed E-state index contributed by atoms with van der Waals surface area (Å²) < 4.78 is 21.6. The van der Waals surface area contributed by atoms with Crippen molar-refractivity contribution in [3.63, 3.8) is 0 Å². The van der Waals surface area contributed by atoms with Gasteiger partial charge in [0, 0.05) is 32.9 Å². The fourth-order valence-electron chi connectivity index (χ4n) is 7.62. The van der Waals surface area contributed by atoms with Gasteiger partial charge in [-0.3, -0.25) is 0 Å². The Labute approximate surface area is 293 Å². The van der Waals surface area contributed by atoms with Crippen LogP contribution in [0.5, 0.6) is 0 Å². The van der Waals surface area contributed by atoms with E-state index in [4.69, 9.17) is 2.74 Å². The number of fused-ring (bicyclic) bond motifs is 6. The Morgan fingerprint density at radius 2 is 0.700 bits per heavy atom. The summed E-state index contributed by atoms with van der Waals surface area (Å²) in [6.45, 7) is 0. The van der Waals surface area contributed by atoms with E-state index in [1.54, 1.807) is 0 Å². The molecule has 10 rings (SSSR count). The van der Waals surface area contributed by atoms with Gasteiger partial charge in [0.1, 0.15) is 0 Å². The molecule has 0 aliphatic heterocycles. The molecule has 0 saturated carbocycles. The predicted molar refractivity (Wildman–Crippen MR) is 211 cm³/mol. The number of aromatic nitrogens is 2. The monoisotopic (exact) mass is 638 g/mol. The standard InChI is InChI=1S/C48H32N2/c1-3-12-33(13-4-1)34-22-24-35(25-23-34)36-14-11-17-40(30-36)50-46-21-10-8-19-42(46)44-32-38(27-29-48(44)50)37-26-28-47-43(31-37)41-18-7-9-20-45(41)49(47)39-15-5-2-6-16-39/h1-32H/i7D,8D. The number of hydrogen-bond acceptors (Lipinski definition) is 0. The van der Waals surface area contributed by atoms with E-state index in [2.05, 4.69) is 155 Å². The maximum atomic E-state index is 8.54. The number of nitrogens with zero attached hydrogens (tertiary/aromatic N) is 2. The van der Waals surface area contributed by atoms with Gasteiger partial charge in [-0.25, -0.2) is 0 Å². The van der Waals surface area contributed by atoms with E-state index >= 15 is 0 Å². The van der Waals surface area contributed by atoms with Crippen LogP contribution in [0.4, 0.5) is 0 Å². The largest absolute Gasteiger partial charge is 0.309 e. The highest BCUT2D eigenvalue weighted by Gasteiger charge is 2.16. The van der Waals surface area contributed by atoms with Crippen LogP contribution in [0.15, 0.2) is 194 Å². The zero-order valence-corrected chi connectivity index (χ0v) is 27.2. The maximum absolute atomic E-state index is 8.54. The van der Waals surface area contributed by atoms with Crippen LogP contribution in [-0.4, -0.2) is 9.13 Å². The lowest BCUT2D eigenvalue weighted by atomic mass is 10.00. The molecule has 8 aromatic carbocycles. The third-order valence-corrected chi connectivity index (χ3v) is 10.00. The van der Waals surface area contributed by atoms with Gasteiger partial charge in [-0.05, 0) is 94.0 Å². The second-order valence-corrected chi connectivity index (χ2v) is 12.9. The molecular weight excluding hydrogens is 605 g/mol. The molecule has 0 amide bonds. The fourth-order valence-corrected chi connectivity index (χ4v) is 7.62. The van der Waals surface area contributed by atoms with Crippen LogP contribution in [0.3, 0.4) is 0 Å². The number of benzene rings is 8. The maximum Gasteiger partial charge on any atom is 0.0623 e. The second-order valence-electron chi connectivity index (χ2n) is 12.9. The van der Waals surface area contributed by atoms with Crippen molar-refractivity contribution in [3.05, 3.63) is 194 Å². The minimum Gasteiger partial charge on any atom is -0.309 e. The number of rotatable bonds is 5. The minimum atomic E-state index is 0.491. The smallest absolute Gasteiger partial charge is 0.0623 e. The average Bonchev–Trinajstić information content (AvgIpc) is 3.70. The Kier molecular flexibility index (Phi) is 6.06. The third-order valence-electron chi connectivity index (χ3n) is 10.00. The lowest BCUT2D eigenvalue weighted by Gasteiger charge is -2.11. The summed E-state index contributed by atoms with van der Waals surface area (Å²) in [5.74, 6) is 0. The Morgan fingerprint density at radius 3 is 1.30 bits per heavy atom. The number of para-hydroxylation sites is 3. The highest BCUT2D eigenvalue weighted by atomic mass is 15.0. The molecule has 0 atom stereocenters. The molecule has 0 bridgehead atoms. The molecule has 10 aromatic rings. The summed E-state index contributed by atoms with van der Waals surface area (Å²) in [5, 5.41) is 4.36. The molecule has 2 nitrogen and oxygen atoms in total. The van der Waals surface area contributed by atoms with E-state index in [0.717, 1.165) is 71.7 Å². The van der Waals surface area contributed by atoms with Crippen LogP contribution >= 0.6 is 0 Å². The lowest BCUT2D eigenvalue weighted by molar-refractivity contribution is 1.18. The molecule has 50 heavy (non-hydrogen) atoms. The first kappa shape index (κ1) is 26.3. The Bertz CT molecular complexity index is 2960. The van der Waals surface area contributed by atoms with Crippen LogP contribution in [0.25, 0.3) is 88.4 Å². The van der Waals surface area contributed by atoms with E-state index in [1.165, 1.54) is 16.7 Å². The molecule has 0 radical (unpaired) electrons. The van der Waals surface area contributed by atoms with Crippen LogP contribution in [0, 0.1) is 0 Å². The fraction of sp³-hybridized carbons (Fsp3) is 0. The molecule has 0 fully saturated rings. The first-order valence-electron chi connectivity index (χ1n) is 18.0. The summed E-state index contributed by atoms with van der Waals surface area (Å²) in [7, 11) is 0. The van der Waals surface area contributed by atoms with Gasteiger partial charge in [0.15, 0.2) is 0 Å². The van der Waals surface area contributed by atoms with Crippen molar-refractivity contribution in [2.75, 3.05) is 0 Å². The van der Waals surface area contributed by atoms with E-state index in [-0.39, 0.29) is 0 Å². The lowest BCUT2D eigenvalue weighted by Crippen LogP contribution is -1.94. The van der Waals surface area contributed by atoms with Gasteiger partial charge in [0.25, 0.3) is 0 Å². The molecule has 2 aromatic heterocycles. The van der Waals surface area contributed by atoms with Gasteiger partial charge >= 0.3 is 0 Å². The highest BCUT2D eigenvalue weighted by Crippen LogP contribution is 2.38. The normalized spacial score (nSPS) is 12.2. The minimum absolute atomic E-state index is 0.491. The van der Waals surface area contributed by atoms with Crippen molar-refractivity contribution < 1.29 is 2.74 Å². The summed E-state index contributed by atoms with van der Waals surface area (Å²) in [6, 6.07) is 64.6. The first-order valence-corrected chi connectivity index (χ1v) is 17.0. The van der Waals surface area contributed by atoms with E-state index in [9.17, 15) is 0 Å². The topological polar surface area (TPSA) is 9.86 Å². The van der Waals surface area contributed by atoms with Crippen molar-refractivity contribution in [1.29, 1.82) is 0 Å². The van der Waals surface area contributed by atoms with Crippen LogP contribution in [-0.2, 0) is 0 Å². The molecule has 0 saturated heterocycles. The molecule has 0 aliphatic rings. The summed E-state index contributed by atoms with van der Waals surface area (Å²) in [6.07, 6.45) is 0. The van der Waals surface area contributed by atoms with E-state index in [1.807, 2.05) is 36.4 Å². The van der Waals surface area contributed by atoms with Crippen molar-refractivity contribution in [1.82, 2.24) is 9.13 Å². The van der Waals surface area contributed by atoms with Crippen LogP contribution in [0.2, 0.25) is 0 Å². The van der Waals surface area contributed by atoms with Crippen molar-refractivity contribution in [3.8, 4) is 44.8 Å². The quantitative estimate of drug-likeness (QED) is 0.178. The molecule has 234 valence electrons. The summed E-state index contributed by atoms with van der Waals surface area (Å²) in [5.41, 5.74) is 13.5. The second kappa shape index (κ2) is 11.5. The summed E-state index contributed by atoms with van der Waals surface area (Å²) in [4.78, 5) is 0. The Morgan fingerprint density at radius 1 is 0.280 bits per heavy atom. The van der Waals surface area contributed by atoms with Gasteiger partial charge in [-0.2, -0.15) is 0 Å². The van der Waals surface area contributed by atoms with E-state index < -0.39 is 0 Å². The van der Waals surface area contributed by atoms with Gasteiger partial charge in [-0.1, -0.05) is 133 Å². The first-order chi connectivity index (χ1) is 25.6. The SMILES string of the molecule is [2H]c1ccc2c(c1)c1cc(-c3ccc4c(c3)c3cc([2H])ccc3n4-c3cccc(-c4ccc(-c5ccccc5)cc4)c3)ccc1n2-c1ccccc1. The molecule has 2 heterocycles. The highest BCUT2D eigenvalue weighted by molar-refractivity contribution is 6.12. The third kappa shape index (κ3) is 4.57. The zero-order chi connectivity index (χ0) is 34.8. The van der Waals surface area contributed by atoms with Crippen molar-refractivity contribution >= 4 is 43.6 Å². The van der Waals surface area contributed by atoms with Gasteiger partial charge < -0.3 is 9.13 Å². The number of hydrogen-bond donors (Lipinski definition) is 0. The summed E-state index contributed by atoms with van der Waals surface area (Å²) >= 11 is 0. The van der Waals surface area contributed by atoms with E-state index in [0.29, 0.717) is 12.1 Å². The zero-order valence-electron chi connectivity index (χ0n) is 29.2. The average molecular weight is 639 g/mol. The Balaban J connectivity index is 1.10. The molecule has 2 heteroatoms. The van der Waals surface area contributed by atoms with Crippen LogP contribution in [0.1, 0.15) is 2.74 Å². The van der Waals surface area contributed by atoms with Gasteiger partial charge in [0.2, 0.25) is 0 Å². The van der Waals surface area contributed by atoms with Gasteiger partial charge in [-0.15, -0.1) is 0 Å². The predicted octanol–water partition coefficient (Wildman–Crippen LogP) is 12.9. The molecule has 0 aliphatic carbocycles. The van der Waals surface area contributed by atoms with Crippen LogP contribution < -0.4 is 0 Å². The molecule has 0 unspecified atom stereocenters. The van der Waals surface area contributed by atoms with Crippen molar-refractivity contribution in [2.24, 2.45) is 0 Å². The molecule has 0 N–H and O–H groups in total.